The van der Waals surface area contributed by atoms with E-state index in [4.69, 9.17) is 4.99 Å². The molecule has 0 spiro atoms. The minimum atomic E-state index is 0. The Kier molecular flexibility index (Phi) is 9.70. The van der Waals surface area contributed by atoms with E-state index in [1.54, 1.807) is 0 Å². The zero-order valence-electron chi connectivity index (χ0n) is 22.4. The SMILES string of the molecule is CC(C[n+]1ccn(-c2c(C(C)C)cccc2C(C)C)c1)=Nc1c(C(C)C)cccc1C(C)C.[Cl-]. The highest BCUT2D eigenvalue weighted by Gasteiger charge is 2.20. The highest BCUT2D eigenvalue weighted by atomic mass is 35.5. The van der Waals surface area contributed by atoms with Gasteiger partial charge in [0.2, 0.25) is 6.33 Å². The van der Waals surface area contributed by atoms with Crippen LogP contribution in [0, 0.1) is 0 Å². The number of hydrogen-bond acceptors (Lipinski definition) is 1. The Morgan fingerprint density at radius 1 is 0.765 bits per heavy atom. The standard InChI is InChI=1S/C30H42N3.ClH/c1-20(2)25-12-10-13-26(21(3)4)29(25)31-24(9)18-32-16-17-33(19-32)30-27(22(5)6)14-11-15-28(30)23(7)8;/h10-17,19-23H,18H2,1-9H3;1H/q+1;/p-1. The van der Waals surface area contributed by atoms with E-state index in [1.165, 1.54) is 27.9 Å². The van der Waals surface area contributed by atoms with Crippen molar-refractivity contribution in [2.75, 3.05) is 0 Å². The van der Waals surface area contributed by atoms with Gasteiger partial charge in [0.15, 0.2) is 0 Å². The summed E-state index contributed by atoms with van der Waals surface area (Å²) in [6.07, 6.45) is 6.56. The molecule has 0 N–H and O–H groups in total. The summed E-state index contributed by atoms with van der Waals surface area (Å²) in [6.45, 7) is 21.0. The third kappa shape index (κ3) is 6.18. The topological polar surface area (TPSA) is 21.2 Å². The Bertz CT molecular complexity index is 1070. The molecule has 1 heterocycles. The second kappa shape index (κ2) is 11.8. The van der Waals surface area contributed by atoms with Crippen molar-refractivity contribution in [1.82, 2.24) is 4.57 Å². The number of aromatic nitrogens is 2. The van der Waals surface area contributed by atoms with Crippen LogP contribution in [0.25, 0.3) is 5.69 Å². The van der Waals surface area contributed by atoms with Crippen molar-refractivity contribution < 1.29 is 17.0 Å². The average molecular weight is 480 g/mol. The fourth-order valence-corrected chi connectivity index (χ4v) is 4.56. The number of rotatable bonds is 8. The molecule has 4 heteroatoms. The third-order valence-electron chi connectivity index (χ3n) is 6.35. The van der Waals surface area contributed by atoms with Gasteiger partial charge in [-0.05, 0) is 41.7 Å². The molecule has 0 atom stereocenters. The number of halogens is 1. The van der Waals surface area contributed by atoms with E-state index < -0.39 is 0 Å². The maximum atomic E-state index is 5.16. The first-order valence-electron chi connectivity index (χ1n) is 12.5. The Morgan fingerprint density at radius 2 is 1.21 bits per heavy atom. The highest BCUT2D eigenvalue weighted by molar-refractivity contribution is 5.84. The smallest absolute Gasteiger partial charge is 0.249 e. The summed E-state index contributed by atoms with van der Waals surface area (Å²) in [6, 6.07) is 13.3. The molecule has 34 heavy (non-hydrogen) atoms. The molecule has 3 aromatic rings. The molecule has 0 saturated carbocycles. The van der Waals surface area contributed by atoms with E-state index >= 15 is 0 Å². The first-order valence-corrected chi connectivity index (χ1v) is 12.5. The van der Waals surface area contributed by atoms with Gasteiger partial charge in [0.25, 0.3) is 0 Å². The van der Waals surface area contributed by atoms with Crippen LogP contribution < -0.4 is 17.0 Å². The lowest BCUT2D eigenvalue weighted by atomic mass is 9.92. The van der Waals surface area contributed by atoms with E-state index in [1.807, 2.05) is 0 Å². The summed E-state index contributed by atoms with van der Waals surface area (Å²) < 4.78 is 4.53. The van der Waals surface area contributed by atoms with Crippen LogP contribution in [-0.2, 0) is 6.54 Å². The van der Waals surface area contributed by atoms with E-state index in [0.717, 1.165) is 17.9 Å². The Hall–Kier alpha value is -2.39. The summed E-state index contributed by atoms with van der Waals surface area (Å²) >= 11 is 0. The van der Waals surface area contributed by atoms with Crippen LogP contribution in [0.1, 0.15) is 108 Å². The molecular formula is C30H42ClN3. The first kappa shape index (κ1) is 27.9. The van der Waals surface area contributed by atoms with Crippen LogP contribution in [0.15, 0.2) is 60.1 Å². The van der Waals surface area contributed by atoms with Crippen LogP contribution in [0.2, 0.25) is 0 Å². The summed E-state index contributed by atoms with van der Waals surface area (Å²) in [5, 5.41) is 0. The van der Waals surface area contributed by atoms with E-state index in [9.17, 15) is 0 Å². The predicted molar refractivity (Wildman–Crippen MR) is 142 cm³/mol. The van der Waals surface area contributed by atoms with Gasteiger partial charge in [-0.2, -0.15) is 0 Å². The molecule has 0 aliphatic heterocycles. The Labute approximate surface area is 213 Å². The molecule has 0 aliphatic carbocycles. The number of imidazole rings is 1. The zero-order chi connectivity index (χ0) is 24.3. The van der Waals surface area contributed by atoms with Gasteiger partial charge in [-0.25, -0.2) is 9.13 Å². The van der Waals surface area contributed by atoms with Gasteiger partial charge in [0.05, 0.1) is 11.4 Å². The maximum Gasteiger partial charge on any atom is 0.249 e. The molecule has 184 valence electrons. The van der Waals surface area contributed by atoms with Crippen LogP contribution in [0.5, 0.6) is 0 Å². The minimum Gasteiger partial charge on any atom is -1.00 e. The summed E-state index contributed by atoms with van der Waals surface area (Å²) in [7, 11) is 0. The van der Waals surface area contributed by atoms with Gasteiger partial charge >= 0.3 is 0 Å². The van der Waals surface area contributed by atoms with E-state index in [-0.39, 0.29) is 12.4 Å². The van der Waals surface area contributed by atoms with Crippen LogP contribution in [-0.4, -0.2) is 10.3 Å². The van der Waals surface area contributed by atoms with Crippen molar-refractivity contribution in [3.63, 3.8) is 0 Å². The zero-order valence-corrected chi connectivity index (χ0v) is 23.2. The molecule has 0 unspecified atom stereocenters. The van der Waals surface area contributed by atoms with Gasteiger partial charge in [-0.3, -0.25) is 4.99 Å². The average Bonchev–Trinajstić information content (AvgIpc) is 3.20. The first-order chi connectivity index (χ1) is 15.6. The molecule has 0 saturated heterocycles. The summed E-state index contributed by atoms with van der Waals surface area (Å²) in [5.41, 5.74) is 9.04. The van der Waals surface area contributed by atoms with Gasteiger partial charge in [0, 0.05) is 11.1 Å². The molecular weight excluding hydrogens is 438 g/mol. The largest absolute Gasteiger partial charge is 1.00 e. The van der Waals surface area contributed by atoms with Crippen molar-refractivity contribution in [3.05, 3.63) is 77.4 Å². The second-order valence-electron chi connectivity index (χ2n) is 10.5. The van der Waals surface area contributed by atoms with Gasteiger partial charge in [-0.15, -0.1) is 0 Å². The van der Waals surface area contributed by atoms with Gasteiger partial charge in [0.1, 0.15) is 24.6 Å². The van der Waals surface area contributed by atoms with Crippen molar-refractivity contribution >= 4 is 11.4 Å². The van der Waals surface area contributed by atoms with Crippen molar-refractivity contribution in [3.8, 4) is 5.69 Å². The van der Waals surface area contributed by atoms with Gasteiger partial charge < -0.3 is 12.4 Å². The third-order valence-corrected chi connectivity index (χ3v) is 6.35. The predicted octanol–water partition coefficient (Wildman–Crippen LogP) is 5.06. The normalized spacial score (nSPS) is 12.2. The molecule has 0 amide bonds. The molecule has 3 nitrogen and oxygen atoms in total. The van der Waals surface area contributed by atoms with Crippen LogP contribution >= 0.6 is 0 Å². The number of aliphatic imine (C=N–C) groups is 1. The van der Waals surface area contributed by atoms with Gasteiger partial charge in [-0.1, -0.05) is 91.8 Å². The fourth-order valence-electron chi connectivity index (χ4n) is 4.56. The second-order valence-corrected chi connectivity index (χ2v) is 10.5. The van der Waals surface area contributed by atoms with Crippen molar-refractivity contribution in [2.24, 2.45) is 4.99 Å². The molecule has 1 aromatic heterocycles. The monoisotopic (exact) mass is 479 g/mol. The molecule has 0 radical (unpaired) electrons. The van der Waals surface area contributed by atoms with E-state index in [2.05, 4.69) is 127 Å². The van der Waals surface area contributed by atoms with Crippen LogP contribution in [0.4, 0.5) is 5.69 Å². The summed E-state index contributed by atoms with van der Waals surface area (Å²) in [5.74, 6) is 1.84. The lowest BCUT2D eigenvalue weighted by Gasteiger charge is -2.17. The molecule has 0 fully saturated rings. The lowest BCUT2D eigenvalue weighted by molar-refractivity contribution is -0.681. The summed E-state index contributed by atoms with van der Waals surface area (Å²) in [4.78, 5) is 5.16. The number of para-hydroxylation sites is 2. The number of hydrogen-bond donors (Lipinski definition) is 0. The van der Waals surface area contributed by atoms with Crippen molar-refractivity contribution in [2.45, 2.75) is 92.5 Å². The Balaban J connectivity index is 0.00000408. The molecule has 2 aromatic carbocycles. The molecule has 3 rings (SSSR count). The fraction of sp³-hybridized carbons (Fsp3) is 0.467. The number of benzene rings is 2. The number of nitrogens with zero attached hydrogens (tertiary/aromatic N) is 3. The minimum absolute atomic E-state index is 0. The Morgan fingerprint density at radius 3 is 1.65 bits per heavy atom. The van der Waals surface area contributed by atoms with E-state index in [0.29, 0.717) is 23.7 Å². The maximum absolute atomic E-state index is 5.16. The molecule has 0 bridgehead atoms. The molecule has 0 aliphatic rings. The van der Waals surface area contributed by atoms with Crippen molar-refractivity contribution in [1.29, 1.82) is 0 Å². The van der Waals surface area contributed by atoms with Crippen LogP contribution in [0.3, 0.4) is 0 Å². The highest BCUT2D eigenvalue weighted by Crippen LogP contribution is 2.35. The lowest BCUT2D eigenvalue weighted by Crippen LogP contribution is -3.00. The quantitative estimate of drug-likeness (QED) is 0.318.